The van der Waals surface area contributed by atoms with Gasteiger partial charge in [-0.3, -0.25) is 0 Å². The van der Waals surface area contributed by atoms with Crippen molar-refractivity contribution in [1.29, 1.82) is 0 Å². The number of fused-ring (bicyclic) bond motifs is 6. The van der Waals surface area contributed by atoms with E-state index in [1.807, 2.05) is 0 Å². The number of nitrogens with zero attached hydrogens (tertiary/aromatic N) is 2. The van der Waals surface area contributed by atoms with Crippen LogP contribution in [0.3, 0.4) is 0 Å². The van der Waals surface area contributed by atoms with Gasteiger partial charge in [0.25, 0.3) is 0 Å². The van der Waals surface area contributed by atoms with Crippen LogP contribution >= 0.6 is 0 Å². The lowest BCUT2D eigenvalue weighted by Gasteiger charge is -2.34. The Labute approximate surface area is 226 Å². The highest BCUT2D eigenvalue weighted by Gasteiger charge is 2.45. The number of furan rings is 1. The summed E-state index contributed by atoms with van der Waals surface area (Å²) in [6.45, 7) is 15.9. The van der Waals surface area contributed by atoms with Crippen molar-refractivity contribution in [2.45, 2.75) is 66.7 Å². The van der Waals surface area contributed by atoms with Crippen molar-refractivity contribution >= 4 is 22.1 Å². The number of hydrogen-bond donors (Lipinski definition) is 0. The molecular weight excluding hydrogens is 464 g/mol. The molecule has 2 aromatic carbocycles. The van der Waals surface area contributed by atoms with E-state index in [-0.39, 0.29) is 5.41 Å². The first kappa shape index (κ1) is 24.9. The van der Waals surface area contributed by atoms with Crippen LogP contribution in [0.15, 0.2) is 59.1 Å². The Balaban J connectivity index is 1.68. The zero-order valence-corrected chi connectivity index (χ0v) is 24.1. The smallest absolute Gasteiger partial charge is 0.227 e. The summed E-state index contributed by atoms with van der Waals surface area (Å²) in [6, 6.07) is 18.1. The van der Waals surface area contributed by atoms with Crippen LogP contribution in [0, 0.1) is 32.6 Å². The number of pyridine rings is 2. The quantitative estimate of drug-likeness (QED) is 0.224. The molecule has 0 N–H and O–H groups in total. The van der Waals surface area contributed by atoms with Crippen LogP contribution in [0.4, 0.5) is 0 Å². The minimum Gasteiger partial charge on any atom is -0.437 e. The summed E-state index contributed by atoms with van der Waals surface area (Å²) in [7, 11) is 2.12. The summed E-state index contributed by atoms with van der Waals surface area (Å²) in [5.74, 6) is 1.11. The minimum absolute atomic E-state index is 0.0965. The third kappa shape index (κ3) is 3.62. The Kier molecular flexibility index (Phi) is 5.75. The Bertz CT molecular complexity index is 1710. The number of aryl methyl sites for hydroxylation is 4. The van der Waals surface area contributed by atoms with E-state index in [2.05, 4.69) is 115 Å². The minimum atomic E-state index is -0.0965. The first-order valence-electron chi connectivity index (χ1n) is 14.0. The van der Waals surface area contributed by atoms with Crippen molar-refractivity contribution in [2.24, 2.45) is 18.9 Å². The van der Waals surface area contributed by atoms with Gasteiger partial charge in [-0.05, 0) is 73.8 Å². The van der Waals surface area contributed by atoms with Gasteiger partial charge < -0.3 is 4.42 Å². The van der Waals surface area contributed by atoms with E-state index in [0.717, 1.165) is 40.5 Å². The van der Waals surface area contributed by atoms with Gasteiger partial charge in [-0.2, -0.15) is 0 Å². The van der Waals surface area contributed by atoms with Crippen LogP contribution in [-0.2, 0) is 12.5 Å². The van der Waals surface area contributed by atoms with Crippen molar-refractivity contribution < 1.29 is 8.98 Å². The van der Waals surface area contributed by atoms with Crippen LogP contribution in [0.1, 0.15) is 68.5 Å². The second-order valence-corrected chi connectivity index (χ2v) is 12.4. The van der Waals surface area contributed by atoms with E-state index < -0.39 is 0 Å². The molecule has 0 atom stereocenters. The van der Waals surface area contributed by atoms with E-state index in [4.69, 9.17) is 9.40 Å². The van der Waals surface area contributed by atoms with Gasteiger partial charge in [0.05, 0.1) is 11.3 Å². The molecule has 0 radical (unpaired) electrons. The topological polar surface area (TPSA) is 29.9 Å². The molecule has 38 heavy (non-hydrogen) atoms. The lowest BCUT2D eigenvalue weighted by atomic mass is 9.69. The molecule has 3 nitrogen and oxygen atoms in total. The number of hydrogen-bond acceptors (Lipinski definition) is 2. The predicted molar refractivity (Wildman–Crippen MR) is 157 cm³/mol. The lowest BCUT2D eigenvalue weighted by Crippen LogP contribution is -2.31. The Hall–Kier alpha value is -3.46. The van der Waals surface area contributed by atoms with Gasteiger partial charge in [-0.25, -0.2) is 9.55 Å². The molecular formula is C35H39N2O+. The maximum Gasteiger partial charge on any atom is 0.227 e. The molecule has 0 unspecified atom stereocenters. The summed E-state index contributed by atoms with van der Waals surface area (Å²) in [5.41, 5.74) is 12.9. The highest BCUT2D eigenvalue weighted by Crippen LogP contribution is 2.55. The van der Waals surface area contributed by atoms with Crippen LogP contribution < -0.4 is 4.57 Å². The second kappa shape index (κ2) is 8.80. The van der Waals surface area contributed by atoms with Crippen molar-refractivity contribution in [3.63, 3.8) is 0 Å². The van der Waals surface area contributed by atoms with Gasteiger partial charge in [-0.15, -0.1) is 0 Å². The molecule has 0 fully saturated rings. The molecule has 0 aliphatic heterocycles. The monoisotopic (exact) mass is 503 g/mol. The van der Waals surface area contributed by atoms with E-state index in [1.54, 1.807) is 0 Å². The maximum absolute atomic E-state index is 6.75. The summed E-state index contributed by atoms with van der Waals surface area (Å²) < 4.78 is 8.97. The van der Waals surface area contributed by atoms with Crippen molar-refractivity contribution in [1.82, 2.24) is 4.98 Å². The van der Waals surface area contributed by atoms with E-state index >= 15 is 0 Å². The van der Waals surface area contributed by atoms with Crippen LogP contribution in [0.5, 0.6) is 0 Å². The van der Waals surface area contributed by atoms with Gasteiger partial charge in [-0.1, -0.05) is 64.1 Å². The van der Waals surface area contributed by atoms with Gasteiger partial charge in [0.1, 0.15) is 7.05 Å². The molecule has 1 aliphatic rings. The SMILES string of the molecule is Cc1cc(-c2c(C)ccc3c2oc2nc4c(cc23)-c2ccccc2C4(CC(C)C)CC(C)C)[n+](C)cc1C. The fourth-order valence-corrected chi connectivity index (χ4v) is 7.04. The normalized spacial score (nSPS) is 14.2. The molecule has 1 aliphatic carbocycles. The molecule has 6 rings (SSSR count). The number of benzene rings is 2. The van der Waals surface area contributed by atoms with Crippen LogP contribution in [0.2, 0.25) is 0 Å². The molecule has 0 amide bonds. The van der Waals surface area contributed by atoms with E-state index in [0.29, 0.717) is 11.8 Å². The summed E-state index contributed by atoms with van der Waals surface area (Å²) in [4.78, 5) is 5.41. The zero-order valence-electron chi connectivity index (χ0n) is 24.1. The van der Waals surface area contributed by atoms with Crippen molar-refractivity contribution in [2.75, 3.05) is 0 Å². The third-order valence-corrected chi connectivity index (χ3v) is 8.54. The first-order chi connectivity index (χ1) is 18.1. The summed E-state index contributed by atoms with van der Waals surface area (Å²) >= 11 is 0. The lowest BCUT2D eigenvalue weighted by molar-refractivity contribution is -0.660. The fourth-order valence-electron chi connectivity index (χ4n) is 7.04. The van der Waals surface area contributed by atoms with Gasteiger partial charge in [0.15, 0.2) is 11.8 Å². The van der Waals surface area contributed by atoms with E-state index in [9.17, 15) is 0 Å². The molecule has 0 spiro atoms. The summed E-state index contributed by atoms with van der Waals surface area (Å²) in [6.07, 6.45) is 4.37. The standard InChI is InChI=1S/C35H39N2O/c1-20(2)17-35(18-21(3)4)29-12-10-9-11-25(29)27-16-28-26-14-13-22(5)31(32(26)38-34(28)36-33(27)35)30-15-23(6)24(7)19-37(30)8/h9-16,19-21H,17-18H2,1-8H3/q+1. The highest BCUT2D eigenvalue weighted by molar-refractivity contribution is 6.10. The summed E-state index contributed by atoms with van der Waals surface area (Å²) in [5, 5.41) is 2.24. The van der Waals surface area contributed by atoms with Crippen molar-refractivity contribution in [3.8, 4) is 22.4 Å². The predicted octanol–water partition coefficient (Wildman–Crippen LogP) is 8.76. The molecule has 0 saturated heterocycles. The largest absolute Gasteiger partial charge is 0.437 e. The number of aromatic nitrogens is 2. The third-order valence-electron chi connectivity index (χ3n) is 8.54. The van der Waals surface area contributed by atoms with Gasteiger partial charge in [0, 0.05) is 33.4 Å². The Morgan fingerprint density at radius 1 is 0.816 bits per heavy atom. The molecule has 5 aromatic rings. The van der Waals surface area contributed by atoms with Crippen LogP contribution in [0.25, 0.3) is 44.5 Å². The van der Waals surface area contributed by atoms with E-state index in [1.165, 1.54) is 44.8 Å². The molecule has 0 bridgehead atoms. The average molecular weight is 504 g/mol. The number of rotatable bonds is 5. The Morgan fingerprint density at radius 2 is 1.53 bits per heavy atom. The average Bonchev–Trinajstić information content (AvgIpc) is 3.33. The maximum atomic E-state index is 6.75. The second-order valence-electron chi connectivity index (χ2n) is 12.4. The van der Waals surface area contributed by atoms with Gasteiger partial charge in [0.2, 0.25) is 11.4 Å². The first-order valence-corrected chi connectivity index (χ1v) is 14.0. The highest BCUT2D eigenvalue weighted by atomic mass is 16.3. The Morgan fingerprint density at radius 3 is 2.24 bits per heavy atom. The molecule has 0 saturated carbocycles. The molecule has 3 heterocycles. The zero-order chi connectivity index (χ0) is 26.9. The van der Waals surface area contributed by atoms with Crippen molar-refractivity contribution in [3.05, 3.63) is 82.7 Å². The van der Waals surface area contributed by atoms with Crippen LogP contribution in [-0.4, -0.2) is 4.98 Å². The molecule has 3 aromatic heterocycles. The van der Waals surface area contributed by atoms with Gasteiger partial charge >= 0.3 is 0 Å². The molecule has 194 valence electrons. The fraction of sp³-hybridized carbons (Fsp3) is 0.371. The molecule has 3 heteroatoms.